The molecule has 7 heteroatoms. The summed E-state index contributed by atoms with van der Waals surface area (Å²) in [6, 6.07) is 5.70. The summed E-state index contributed by atoms with van der Waals surface area (Å²) in [5.41, 5.74) is 0.291. The lowest BCUT2D eigenvalue weighted by Crippen LogP contribution is -2.46. The molecule has 0 radical (unpaired) electrons. The number of halogens is 1. The molecular weight excluding hydrogens is 288 g/mol. The minimum absolute atomic E-state index is 0.193. The van der Waals surface area contributed by atoms with Crippen LogP contribution in [0.15, 0.2) is 29.2 Å². The molecule has 0 aliphatic carbocycles. The van der Waals surface area contributed by atoms with E-state index in [1.807, 2.05) is 7.05 Å². The average molecular weight is 303 g/mol. The van der Waals surface area contributed by atoms with Crippen LogP contribution < -0.4 is 0 Å². The van der Waals surface area contributed by atoms with Gasteiger partial charge in [-0.15, -0.1) is 0 Å². The van der Waals surface area contributed by atoms with Crippen LogP contribution in [0.3, 0.4) is 0 Å². The Kier molecular flexibility index (Phi) is 4.25. The molecule has 1 fully saturated rings. The maximum atomic E-state index is 12.4. The highest BCUT2D eigenvalue weighted by molar-refractivity contribution is 7.89. The van der Waals surface area contributed by atoms with Crippen LogP contribution >= 0.6 is 11.6 Å². The van der Waals surface area contributed by atoms with Crippen LogP contribution in [-0.4, -0.2) is 56.1 Å². The van der Waals surface area contributed by atoms with Gasteiger partial charge in [-0.3, -0.25) is 4.79 Å². The van der Waals surface area contributed by atoms with Crippen LogP contribution in [0.2, 0.25) is 0 Å². The van der Waals surface area contributed by atoms with Crippen molar-refractivity contribution < 1.29 is 13.2 Å². The van der Waals surface area contributed by atoms with Gasteiger partial charge in [0.2, 0.25) is 10.0 Å². The van der Waals surface area contributed by atoms with Crippen LogP contribution in [-0.2, 0) is 10.0 Å². The Morgan fingerprint density at radius 3 is 2.11 bits per heavy atom. The van der Waals surface area contributed by atoms with E-state index in [0.29, 0.717) is 18.7 Å². The molecular formula is C12H15ClN2O3S. The lowest BCUT2D eigenvalue weighted by molar-refractivity contribution is 0.108. The summed E-state index contributed by atoms with van der Waals surface area (Å²) in [6.45, 7) is 2.40. The van der Waals surface area contributed by atoms with E-state index in [1.54, 1.807) is 0 Å². The molecule has 19 heavy (non-hydrogen) atoms. The summed E-state index contributed by atoms with van der Waals surface area (Å²) in [7, 11) is -1.51. The van der Waals surface area contributed by atoms with Crippen LogP contribution in [0.5, 0.6) is 0 Å². The average Bonchev–Trinajstić information content (AvgIpc) is 2.39. The highest BCUT2D eigenvalue weighted by Gasteiger charge is 2.27. The Morgan fingerprint density at radius 1 is 1.11 bits per heavy atom. The zero-order valence-corrected chi connectivity index (χ0v) is 12.1. The molecule has 0 aromatic heterocycles. The number of rotatable bonds is 3. The Morgan fingerprint density at radius 2 is 1.63 bits per heavy atom. The van der Waals surface area contributed by atoms with Gasteiger partial charge in [-0.05, 0) is 42.9 Å². The molecule has 0 N–H and O–H groups in total. The van der Waals surface area contributed by atoms with Crippen molar-refractivity contribution in [3.05, 3.63) is 29.8 Å². The number of carbonyl (C=O) groups excluding carboxylic acids is 1. The van der Waals surface area contributed by atoms with Crippen molar-refractivity contribution in [2.24, 2.45) is 0 Å². The first kappa shape index (κ1) is 14.5. The van der Waals surface area contributed by atoms with E-state index in [9.17, 15) is 13.2 Å². The molecule has 1 aromatic carbocycles. The van der Waals surface area contributed by atoms with Gasteiger partial charge in [0.1, 0.15) is 0 Å². The maximum absolute atomic E-state index is 12.4. The lowest BCUT2D eigenvalue weighted by Gasteiger charge is -2.31. The van der Waals surface area contributed by atoms with Gasteiger partial charge in [0.15, 0.2) is 0 Å². The maximum Gasteiger partial charge on any atom is 0.252 e. The molecule has 0 atom stereocenters. The van der Waals surface area contributed by atoms with Crippen molar-refractivity contribution in [2.45, 2.75) is 4.90 Å². The largest absolute Gasteiger partial charge is 0.304 e. The van der Waals surface area contributed by atoms with E-state index in [2.05, 4.69) is 4.90 Å². The van der Waals surface area contributed by atoms with Gasteiger partial charge in [0.05, 0.1) is 4.90 Å². The van der Waals surface area contributed by atoms with E-state index in [0.717, 1.165) is 13.1 Å². The first-order chi connectivity index (χ1) is 8.91. The van der Waals surface area contributed by atoms with E-state index in [1.165, 1.54) is 28.6 Å². The molecule has 1 aromatic rings. The van der Waals surface area contributed by atoms with Crippen molar-refractivity contribution >= 4 is 26.9 Å². The highest BCUT2D eigenvalue weighted by Crippen LogP contribution is 2.18. The fourth-order valence-electron chi connectivity index (χ4n) is 1.94. The Labute approximate surface area is 117 Å². The summed E-state index contributed by atoms with van der Waals surface area (Å²) in [4.78, 5) is 13.2. The number of hydrogen-bond donors (Lipinski definition) is 0. The normalized spacial score (nSPS) is 18.4. The first-order valence-electron chi connectivity index (χ1n) is 5.90. The number of nitrogens with zero attached hydrogens (tertiary/aromatic N) is 2. The minimum Gasteiger partial charge on any atom is -0.304 e. The minimum atomic E-state index is -3.48. The van der Waals surface area contributed by atoms with Crippen LogP contribution in [0.1, 0.15) is 10.4 Å². The number of piperazine rings is 1. The predicted octanol–water partition coefficient (Wildman–Crippen LogP) is 1.00. The quantitative estimate of drug-likeness (QED) is 0.782. The fraction of sp³-hybridized carbons (Fsp3) is 0.417. The van der Waals surface area contributed by atoms with Crippen molar-refractivity contribution in [2.75, 3.05) is 33.2 Å². The summed E-state index contributed by atoms with van der Waals surface area (Å²) >= 11 is 5.33. The van der Waals surface area contributed by atoms with E-state index < -0.39 is 15.3 Å². The molecule has 5 nitrogen and oxygen atoms in total. The Hall–Kier alpha value is -0.950. The van der Waals surface area contributed by atoms with Gasteiger partial charge in [-0.2, -0.15) is 4.31 Å². The van der Waals surface area contributed by atoms with Gasteiger partial charge >= 0.3 is 0 Å². The van der Waals surface area contributed by atoms with Crippen molar-refractivity contribution in [3.8, 4) is 0 Å². The van der Waals surface area contributed by atoms with Crippen molar-refractivity contribution in [1.82, 2.24) is 9.21 Å². The van der Waals surface area contributed by atoms with E-state index in [4.69, 9.17) is 11.6 Å². The molecule has 1 heterocycles. The molecule has 1 aliphatic rings. The third-order valence-corrected chi connectivity index (χ3v) is 5.31. The molecule has 0 saturated carbocycles. The van der Waals surface area contributed by atoms with Crippen LogP contribution in [0, 0.1) is 0 Å². The Bertz CT molecular complexity index is 563. The summed E-state index contributed by atoms with van der Waals surface area (Å²) < 4.78 is 26.2. The first-order valence-corrected chi connectivity index (χ1v) is 7.71. The number of likely N-dealkylation sites (N-methyl/N-ethyl adjacent to an activating group) is 1. The second kappa shape index (κ2) is 5.58. The van der Waals surface area contributed by atoms with Gasteiger partial charge in [-0.1, -0.05) is 0 Å². The summed E-state index contributed by atoms with van der Waals surface area (Å²) in [5.74, 6) is 0. The van der Waals surface area contributed by atoms with Gasteiger partial charge < -0.3 is 4.90 Å². The molecule has 104 valence electrons. The molecule has 0 amide bonds. The Balaban J connectivity index is 2.22. The van der Waals surface area contributed by atoms with Crippen LogP contribution in [0.25, 0.3) is 0 Å². The molecule has 2 rings (SSSR count). The second-order valence-corrected chi connectivity index (χ2v) is 6.79. The van der Waals surface area contributed by atoms with Gasteiger partial charge in [0.25, 0.3) is 5.24 Å². The number of sulfonamides is 1. The van der Waals surface area contributed by atoms with Crippen molar-refractivity contribution in [1.29, 1.82) is 0 Å². The SMILES string of the molecule is CN1CCN(S(=O)(=O)c2ccc(C(=O)Cl)cc2)CC1. The number of benzene rings is 1. The van der Waals surface area contributed by atoms with Crippen LogP contribution in [0.4, 0.5) is 0 Å². The smallest absolute Gasteiger partial charge is 0.252 e. The summed E-state index contributed by atoms with van der Waals surface area (Å²) in [5, 5.41) is -0.594. The lowest BCUT2D eigenvalue weighted by atomic mass is 10.2. The zero-order valence-electron chi connectivity index (χ0n) is 10.5. The molecule has 0 spiro atoms. The van der Waals surface area contributed by atoms with Crippen molar-refractivity contribution in [3.63, 3.8) is 0 Å². The number of carbonyl (C=O) groups is 1. The highest BCUT2D eigenvalue weighted by atomic mass is 35.5. The third kappa shape index (κ3) is 3.14. The number of hydrogen-bond acceptors (Lipinski definition) is 4. The van der Waals surface area contributed by atoms with E-state index >= 15 is 0 Å². The second-order valence-electron chi connectivity index (χ2n) is 4.51. The predicted molar refractivity (Wildman–Crippen MR) is 72.9 cm³/mol. The third-order valence-electron chi connectivity index (χ3n) is 3.18. The molecule has 0 unspecified atom stereocenters. The topological polar surface area (TPSA) is 57.7 Å². The van der Waals surface area contributed by atoms with Gasteiger partial charge in [-0.25, -0.2) is 8.42 Å². The van der Waals surface area contributed by atoms with Gasteiger partial charge in [0, 0.05) is 31.7 Å². The molecule has 0 bridgehead atoms. The fourth-order valence-corrected chi connectivity index (χ4v) is 3.48. The molecule has 1 aliphatic heterocycles. The summed E-state index contributed by atoms with van der Waals surface area (Å²) in [6.07, 6.45) is 0. The zero-order chi connectivity index (χ0) is 14.0. The molecule has 1 saturated heterocycles. The monoisotopic (exact) mass is 302 g/mol. The standard InChI is InChI=1S/C12H15ClN2O3S/c1-14-6-8-15(9-7-14)19(17,18)11-4-2-10(3-5-11)12(13)16/h2-5H,6-9H2,1H3. The van der Waals surface area contributed by atoms with E-state index in [-0.39, 0.29) is 4.90 Å².